The quantitative estimate of drug-likeness (QED) is 0.878. The molecular weight excluding hydrogens is 308 g/mol. The summed E-state index contributed by atoms with van der Waals surface area (Å²) in [5.74, 6) is 2.06. The molecule has 0 bridgehead atoms. The van der Waals surface area contributed by atoms with Gasteiger partial charge in [-0.05, 0) is 43.7 Å². The highest BCUT2D eigenvalue weighted by atomic mass is 16.7. The van der Waals surface area contributed by atoms with Crippen molar-refractivity contribution in [3.8, 4) is 17.2 Å². The number of fused-ring (bicyclic) bond motifs is 1. The van der Waals surface area contributed by atoms with Crippen LogP contribution in [0.5, 0.6) is 17.2 Å². The molecule has 2 aromatic carbocycles. The Morgan fingerprint density at radius 1 is 1.21 bits per heavy atom. The van der Waals surface area contributed by atoms with E-state index >= 15 is 0 Å². The van der Waals surface area contributed by atoms with Gasteiger partial charge in [0.2, 0.25) is 6.79 Å². The molecule has 2 amide bonds. The summed E-state index contributed by atoms with van der Waals surface area (Å²) >= 11 is 0. The molecule has 0 aliphatic carbocycles. The number of carbonyl (C=O) groups excluding carboxylic acids is 1. The van der Waals surface area contributed by atoms with Crippen molar-refractivity contribution in [2.24, 2.45) is 0 Å². The summed E-state index contributed by atoms with van der Waals surface area (Å²) < 4.78 is 16.2. The first-order chi connectivity index (χ1) is 11.7. The zero-order valence-corrected chi connectivity index (χ0v) is 13.7. The number of amides is 2. The van der Waals surface area contributed by atoms with Crippen LogP contribution in [-0.2, 0) is 0 Å². The van der Waals surface area contributed by atoms with Gasteiger partial charge in [-0.25, -0.2) is 4.79 Å². The van der Waals surface area contributed by atoms with Crippen molar-refractivity contribution in [1.82, 2.24) is 5.32 Å². The second kappa shape index (κ2) is 7.12. The zero-order valence-electron chi connectivity index (χ0n) is 13.7. The number of hydrogen-bond donors (Lipinski definition) is 2. The number of urea groups is 1. The highest BCUT2D eigenvalue weighted by Gasteiger charge is 2.17. The van der Waals surface area contributed by atoms with Crippen LogP contribution in [0.1, 0.15) is 25.5 Å². The molecule has 0 saturated carbocycles. The summed E-state index contributed by atoms with van der Waals surface area (Å²) in [7, 11) is 0. The average molecular weight is 328 g/mol. The monoisotopic (exact) mass is 328 g/mol. The number of ether oxygens (including phenoxy) is 3. The maximum atomic E-state index is 12.3. The summed E-state index contributed by atoms with van der Waals surface area (Å²) in [5, 5.41) is 5.72. The lowest BCUT2D eigenvalue weighted by atomic mass is 10.1. The van der Waals surface area contributed by atoms with E-state index in [0.717, 1.165) is 11.3 Å². The fourth-order valence-corrected chi connectivity index (χ4v) is 2.47. The Bertz CT molecular complexity index is 733. The number of rotatable bonds is 5. The number of hydrogen-bond acceptors (Lipinski definition) is 4. The van der Waals surface area contributed by atoms with Crippen LogP contribution in [0.25, 0.3) is 0 Å². The summed E-state index contributed by atoms with van der Waals surface area (Å²) in [5.41, 5.74) is 1.57. The van der Waals surface area contributed by atoms with Crippen LogP contribution in [0.3, 0.4) is 0 Å². The lowest BCUT2D eigenvalue weighted by Crippen LogP contribution is -2.31. The molecule has 1 atom stereocenters. The predicted octanol–water partition coefficient (Wildman–Crippen LogP) is 3.70. The molecule has 0 aromatic heterocycles. The van der Waals surface area contributed by atoms with Crippen molar-refractivity contribution in [1.29, 1.82) is 0 Å². The van der Waals surface area contributed by atoms with Crippen molar-refractivity contribution >= 4 is 11.7 Å². The average Bonchev–Trinajstić information content (AvgIpc) is 3.04. The largest absolute Gasteiger partial charge is 0.492 e. The van der Waals surface area contributed by atoms with E-state index in [-0.39, 0.29) is 18.9 Å². The summed E-state index contributed by atoms with van der Waals surface area (Å²) in [6.07, 6.45) is 0. The number of anilines is 1. The Balaban J connectivity index is 1.64. The fraction of sp³-hybridized carbons (Fsp3) is 0.278. The van der Waals surface area contributed by atoms with E-state index in [2.05, 4.69) is 10.6 Å². The molecule has 24 heavy (non-hydrogen) atoms. The molecule has 6 nitrogen and oxygen atoms in total. The third-order valence-electron chi connectivity index (χ3n) is 3.68. The van der Waals surface area contributed by atoms with E-state index in [9.17, 15) is 4.79 Å². The van der Waals surface area contributed by atoms with Gasteiger partial charge in [0.25, 0.3) is 0 Å². The Kier molecular flexibility index (Phi) is 4.74. The molecule has 0 spiro atoms. The lowest BCUT2D eigenvalue weighted by molar-refractivity contribution is 0.174. The molecule has 1 heterocycles. The molecule has 0 fully saturated rings. The van der Waals surface area contributed by atoms with Crippen molar-refractivity contribution in [2.75, 3.05) is 18.7 Å². The molecule has 2 aromatic rings. The standard InChI is InChI=1S/C18H20N2O4/c1-3-22-15-7-5-4-6-14(15)20-18(21)19-12(2)13-8-9-16-17(10-13)24-11-23-16/h4-10,12H,3,11H2,1-2H3,(H2,19,20,21)/t12-/m1/s1. The number of nitrogens with one attached hydrogen (secondary N) is 2. The van der Waals surface area contributed by atoms with Crippen molar-refractivity contribution in [2.45, 2.75) is 19.9 Å². The number of para-hydroxylation sites is 2. The number of carbonyl (C=O) groups is 1. The van der Waals surface area contributed by atoms with E-state index in [1.165, 1.54) is 0 Å². The normalized spacial score (nSPS) is 13.2. The molecule has 0 unspecified atom stereocenters. The molecule has 2 N–H and O–H groups in total. The second-order valence-electron chi connectivity index (χ2n) is 5.36. The molecule has 6 heteroatoms. The minimum absolute atomic E-state index is 0.182. The first-order valence-electron chi connectivity index (χ1n) is 7.86. The van der Waals surface area contributed by atoms with E-state index in [1.54, 1.807) is 6.07 Å². The van der Waals surface area contributed by atoms with Gasteiger partial charge in [-0.15, -0.1) is 0 Å². The van der Waals surface area contributed by atoms with Crippen molar-refractivity contribution in [3.05, 3.63) is 48.0 Å². The summed E-state index contributed by atoms with van der Waals surface area (Å²) in [6, 6.07) is 12.5. The highest BCUT2D eigenvalue weighted by molar-refractivity contribution is 5.91. The topological polar surface area (TPSA) is 68.8 Å². The van der Waals surface area contributed by atoms with Crippen LogP contribution in [0, 0.1) is 0 Å². The van der Waals surface area contributed by atoms with Crippen LogP contribution in [0.2, 0.25) is 0 Å². The maximum Gasteiger partial charge on any atom is 0.319 e. The van der Waals surface area contributed by atoms with Crippen LogP contribution in [-0.4, -0.2) is 19.4 Å². The van der Waals surface area contributed by atoms with Gasteiger partial charge in [0, 0.05) is 0 Å². The fourth-order valence-electron chi connectivity index (χ4n) is 2.47. The first kappa shape index (κ1) is 16.0. The Hall–Kier alpha value is -2.89. The lowest BCUT2D eigenvalue weighted by Gasteiger charge is -2.17. The van der Waals surface area contributed by atoms with Gasteiger partial charge in [0.1, 0.15) is 5.75 Å². The third kappa shape index (κ3) is 3.53. The Morgan fingerprint density at radius 3 is 2.83 bits per heavy atom. The predicted molar refractivity (Wildman–Crippen MR) is 90.7 cm³/mol. The van der Waals surface area contributed by atoms with Crippen LogP contribution in [0.15, 0.2) is 42.5 Å². The number of benzene rings is 2. The van der Waals surface area contributed by atoms with Gasteiger partial charge in [-0.3, -0.25) is 0 Å². The van der Waals surface area contributed by atoms with Gasteiger partial charge < -0.3 is 24.8 Å². The molecule has 126 valence electrons. The van der Waals surface area contributed by atoms with E-state index in [0.29, 0.717) is 23.8 Å². The molecule has 1 aliphatic heterocycles. The Labute approximate surface area is 140 Å². The highest BCUT2D eigenvalue weighted by Crippen LogP contribution is 2.34. The van der Waals surface area contributed by atoms with Gasteiger partial charge in [0.15, 0.2) is 11.5 Å². The summed E-state index contributed by atoms with van der Waals surface area (Å²) in [4.78, 5) is 12.3. The molecule has 0 radical (unpaired) electrons. The Morgan fingerprint density at radius 2 is 2.00 bits per heavy atom. The maximum absolute atomic E-state index is 12.3. The molecular formula is C18H20N2O4. The molecule has 1 aliphatic rings. The minimum Gasteiger partial charge on any atom is -0.492 e. The van der Waals surface area contributed by atoms with Crippen LogP contribution < -0.4 is 24.8 Å². The van der Waals surface area contributed by atoms with Crippen LogP contribution in [0.4, 0.5) is 10.5 Å². The smallest absolute Gasteiger partial charge is 0.319 e. The minimum atomic E-state index is -0.299. The second-order valence-corrected chi connectivity index (χ2v) is 5.36. The van der Waals surface area contributed by atoms with E-state index in [4.69, 9.17) is 14.2 Å². The van der Waals surface area contributed by atoms with E-state index < -0.39 is 0 Å². The van der Waals surface area contributed by atoms with E-state index in [1.807, 2.05) is 50.2 Å². The zero-order chi connectivity index (χ0) is 16.9. The molecule has 3 rings (SSSR count). The van der Waals surface area contributed by atoms with Gasteiger partial charge in [-0.2, -0.15) is 0 Å². The van der Waals surface area contributed by atoms with Crippen LogP contribution >= 0.6 is 0 Å². The van der Waals surface area contributed by atoms with Crippen molar-refractivity contribution in [3.63, 3.8) is 0 Å². The molecule has 0 saturated heterocycles. The SMILES string of the molecule is CCOc1ccccc1NC(=O)N[C@H](C)c1ccc2c(c1)OCO2. The first-order valence-corrected chi connectivity index (χ1v) is 7.86. The summed E-state index contributed by atoms with van der Waals surface area (Å²) in [6.45, 7) is 4.58. The van der Waals surface area contributed by atoms with Gasteiger partial charge in [-0.1, -0.05) is 18.2 Å². The van der Waals surface area contributed by atoms with Crippen molar-refractivity contribution < 1.29 is 19.0 Å². The van der Waals surface area contributed by atoms with Gasteiger partial charge in [0.05, 0.1) is 18.3 Å². The third-order valence-corrected chi connectivity index (χ3v) is 3.68. The van der Waals surface area contributed by atoms with Gasteiger partial charge >= 0.3 is 6.03 Å².